The highest BCUT2D eigenvalue weighted by molar-refractivity contribution is 9.10. The Hall–Kier alpha value is -0.470. The first-order valence-electron chi connectivity index (χ1n) is 4.91. The number of aryl methyl sites for hydroxylation is 1. The van der Waals surface area contributed by atoms with Crippen LogP contribution in [0.15, 0.2) is 27.6 Å². The number of nitrogens with one attached hydrogen (secondary N) is 1. The van der Waals surface area contributed by atoms with Crippen molar-refractivity contribution in [3.63, 3.8) is 0 Å². The second-order valence-electron chi connectivity index (χ2n) is 3.62. The van der Waals surface area contributed by atoms with Crippen molar-refractivity contribution in [3.8, 4) is 0 Å². The number of hydrogen-bond donors (Lipinski definition) is 3. The Labute approximate surface area is 109 Å². The van der Waals surface area contributed by atoms with E-state index in [-0.39, 0.29) is 4.90 Å². The van der Waals surface area contributed by atoms with E-state index in [2.05, 4.69) is 20.7 Å². The van der Waals surface area contributed by atoms with Gasteiger partial charge in [0.05, 0.1) is 24.2 Å². The quantitative estimate of drug-likeness (QED) is 0.731. The van der Waals surface area contributed by atoms with E-state index >= 15 is 0 Å². The summed E-state index contributed by atoms with van der Waals surface area (Å²) >= 11 is 3.17. The lowest BCUT2D eigenvalue weighted by atomic mass is 10.2. The molecule has 17 heavy (non-hydrogen) atoms. The van der Waals surface area contributed by atoms with Crippen molar-refractivity contribution in [1.29, 1.82) is 0 Å². The van der Waals surface area contributed by atoms with Gasteiger partial charge in [-0.25, -0.2) is 13.1 Å². The fraction of sp³-hybridized carbons (Fsp3) is 0.400. The molecule has 0 saturated carbocycles. The Morgan fingerprint density at radius 1 is 1.35 bits per heavy atom. The molecule has 0 aromatic heterocycles. The summed E-state index contributed by atoms with van der Waals surface area (Å²) in [6.07, 6.45) is 0. The molecule has 0 saturated heterocycles. The smallest absolute Gasteiger partial charge is 0.242 e. The van der Waals surface area contributed by atoms with E-state index in [0.717, 1.165) is 5.56 Å². The number of benzene rings is 1. The summed E-state index contributed by atoms with van der Waals surface area (Å²) in [5.41, 5.74) is 0.927. The van der Waals surface area contributed by atoms with Crippen LogP contribution in [0, 0.1) is 6.92 Å². The Morgan fingerprint density at radius 2 is 1.94 bits per heavy atom. The van der Waals surface area contributed by atoms with Gasteiger partial charge < -0.3 is 10.2 Å². The molecule has 0 fully saturated rings. The first-order chi connectivity index (χ1) is 7.90. The van der Waals surface area contributed by atoms with Crippen molar-refractivity contribution < 1.29 is 18.6 Å². The van der Waals surface area contributed by atoms with E-state index in [1.165, 1.54) is 6.07 Å². The molecule has 0 spiro atoms. The molecule has 1 rings (SSSR count). The third-order valence-corrected chi connectivity index (χ3v) is 4.64. The maximum atomic E-state index is 11.9. The van der Waals surface area contributed by atoms with Gasteiger partial charge in [-0.2, -0.15) is 0 Å². The summed E-state index contributed by atoms with van der Waals surface area (Å²) in [5.74, 6) is 0. The number of aliphatic hydroxyl groups excluding tert-OH is 2. The second kappa shape index (κ2) is 5.92. The monoisotopic (exact) mass is 323 g/mol. The van der Waals surface area contributed by atoms with E-state index in [9.17, 15) is 8.42 Å². The average Bonchev–Trinajstić information content (AvgIpc) is 2.25. The average molecular weight is 324 g/mol. The van der Waals surface area contributed by atoms with E-state index in [0.29, 0.717) is 4.47 Å². The number of aliphatic hydroxyl groups is 2. The second-order valence-corrected chi connectivity index (χ2v) is 6.15. The van der Waals surface area contributed by atoms with Gasteiger partial charge in [0.15, 0.2) is 0 Å². The minimum atomic E-state index is -3.75. The molecular weight excluding hydrogens is 310 g/mol. The predicted molar refractivity (Wildman–Crippen MR) is 67.2 cm³/mol. The van der Waals surface area contributed by atoms with Crippen molar-refractivity contribution in [3.05, 3.63) is 28.2 Å². The van der Waals surface area contributed by atoms with Crippen LogP contribution < -0.4 is 4.72 Å². The molecule has 0 aliphatic heterocycles. The zero-order chi connectivity index (χ0) is 13.1. The highest BCUT2D eigenvalue weighted by atomic mass is 79.9. The lowest BCUT2D eigenvalue weighted by Crippen LogP contribution is -2.40. The molecule has 0 aliphatic rings. The largest absolute Gasteiger partial charge is 0.395 e. The third-order valence-electron chi connectivity index (χ3n) is 2.14. The standard InChI is InChI=1S/C10H14BrNO4S/c1-7-2-3-10(9(11)4-7)17(15,16)12-8(5-13)6-14/h2-4,8,12-14H,5-6H2,1H3. The van der Waals surface area contributed by atoms with Crippen LogP contribution in [0.25, 0.3) is 0 Å². The molecule has 0 heterocycles. The van der Waals surface area contributed by atoms with Gasteiger partial charge in [0, 0.05) is 4.47 Å². The molecule has 0 bridgehead atoms. The van der Waals surface area contributed by atoms with Crippen LogP contribution in [0.1, 0.15) is 5.56 Å². The van der Waals surface area contributed by atoms with Gasteiger partial charge in [-0.3, -0.25) is 0 Å². The van der Waals surface area contributed by atoms with Crippen molar-refractivity contribution in [2.75, 3.05) is 13.2 Å². The van der Waals surface area contributed by atoms with Gasteiger partial charge in [-0.1, -0.05) is 6.07 Å². The van der Waals surface area contributed by atoms with Crippen LogP contribution >= 0.6 is 15.9 Å². The van der Waals surface area contributed by atoms with Gasteiger partial charge in [-0.05, 0) is 40.5 Å². The van der Waals surface area contributed by atoms with E-state index in [1.54, 1.807) is 12.1 Å². The number of hydrogen-bond acceptors (Lipinski definition) is 4. The molecule has 0 atom stereocenters. The Bertz CT molecular complexity index is 485. The molecule has 0 amide bonds. The van der Waals surface area contributed by atoms with E-state index in [4.69, 9.17) is 10.2 Å². The minimum Gasteiger partial charge on any atom is -0.395 e. The van der Waals surface area contributed by atoms with Crippen LogP contribution in [-0.2, 0) is 10.0 Å². The van der Waals surface area contributed by atoms with Gasteiger partial charge in [0.25, 0.3) is 0 Å². The molecule has 1 aromatic rings. The van der Waals surface area contributed by atoms with E-state index in [1.807, 2.05) is 6.92 Å². The van der Waals surface area contributed by atoms with Crippen LogP contribution in [0.5, 0.6) is 0 Å². The highest BCUT2D eigenvalue weighted by Gasteiger charge is 2.21. The first kappa shape index (κ1) is 14.6. The SMILES string of the molecule is Cc1ccc(S(=O)(=O)NC(CO)CO)c(Br)c1. The normalized spacial score (nSPS) is 12.1. The predicted octanol–water partition coefficient (Wildman–Crippen LogP) is 0.389. The third kappa shape index (κ3) is 3.75. The van der Waals surface area contributed by atoms with Crippen molar-refractivity contribution in [1.82, 2.24) is 4.72 Å². The zero-order valence-corrected chi connectivity index (χ0v) is 11.6. The molecule has 0 aliphatic carbocycles. The highest BCUT2D eigenvalue weighted by Crippen LogP contribution is 2.22. The first-order valence-corrected chi connectivity index (χ1v) is 7.18. The lowest BCUT2D eigenvalue weighted by molar-refractivity contribution is 0.185. The van der Waals surface area contributed by atoms with Crippen LogP contribution in [0.2, 0.25) is 0 Å². The Kier molecular flexibility index (Phi) is 5.08. The molecule has 96 valence electrons. The van der Waals surface area contributed by atoms with Crippen molar-refractivity contribution >= 4 is 26.0 Å². The topological polar surface area (TPSA) is 86.6 Å². The van der Waals surface area contributed by atoms with Crippen LogP contribution in [-0.4, -0.2) is 37.9 Å². The number of rotatable bonds is 5. The van der Waals surface area contributed by atoms with Gasteiger partial charge in [-0.15, -0.1) is 0 Å². The minimum absolute atomic E-state index is 0.0787. The summed E-state index contributed by atoms with van der Waals surface area (Å²) < 4.78 is 26.5. The molecule has 7 heteroatoms. The molecular formula is C10H14BrNO4S. The Balaban J connectivity index is 3.05. The summed E-state index contributed by atoms with van der Waals surface area (Å²) in [7, 11) is -3.75. The molecule has 0 unspecified atom stereocenters. The van der Waals surface area contributed by atoms with Gasteiger partial charge >= 0.3 is 0 Å². The summed E-state index contributed by atoms with van der Waals surface area (Å²) in [6.45, 7) is 0.928. The maximum Gasteiger partial charge on any atom is 0.242 e. The molecule has 5 nitrogen and oxygen atoms in total. The number of sulfonamides is 1. The summed E-state index contributed by atoms with van der Waals surface area (Å²) in [5, 5.41) is 17.7. The zero-order valence-electron chi connectivity index (χ0n) is 9.22. The van der Waals surface area contributed by atoms with Gasteiger partial charge in [0.2, 0.25) is 10.0 Å². The fourth-order valence-corrected chi connectivity index (χ4v) is 3.65. The van der Waals surface area contributed by atoms with Crippen molar-refractivity contribution in [2.45, 2.75) is 17.9 Å². The molecule has 0 radical (unpaired) electrons. The summed E-state index contributed by atoms with van der Waals surface area (Å²) in [4.78, 5) is 0.0787. The molecule has 1 aromatic carbocycles. The lowest BCUT2D eigenvalue weighted by Gasteiger charge is -2.14. The van der Waals surface area contributed by atoms with Crippen LogP contribution in [0.4, 0.5) is 0 Å². The number of halogens is 1. The Morgan fingerprint density at radius 3 is 2.41 bits per heavy atom. The van der Waals surface area contributed by atoms with Gasteiger partial charge in [0.1, 0.15) is 0 Å². The van der Waals surface area contributed by atoms with E-state index < -0.39 is 29.3 Å². The fourth-order valence-electron chi connectivity index (χ4n) is 1.24. The molecule has 3 N–H and O–H groups in total. The van der Waals surface area contributed by atoms with Crippen molar-refractivity contribution in [2.24, 2.45) is 0 Å². The van der Waals surface area contributed by atoms with Crippen LogP contribution in [0.3, 0.4) is 0 Å². The summed E-state index contributed by atoms with van der Waals surface area (Å²) in [6, 6.07) is 3.93. The maximum absolute atomic E-state index is 11.9.